The molecule has 28 heavy (non-hydrogen) atoms. The van der Waals surface area contributed by atoms with Gasteiger partial charge in [0, 0.05) is 25.5 Å². The first-order chi connectivity index (χ1) is 13.6. The van der Waals surface area contributed by atoms with Gasteiger partial charge in [0.2, 0.25) is 0 Å². The van der Waals surface area contributed by atoms with Gasteiger partial charge in [-0.15, -0.1) is 0 Å². The molecule has 0 aromatic carbocycles. The van der Waals surface area contributed by atoms with Crippen LogP contribution in [-0.2, 0) is 9.47 Å². The third-order valence-electron chi connectivity index (χ3n) is 4.97. The zero-order valence-corrected chi connectivity index (χ0v) is 16.4. The van der Waals surface area contributed by atoms with E-state index in [1.807, 2.05) is 0 Å². The molecule has 2 aromatic rings. The number of ether oxygens (including phenoxy) is 2. The van der Waals surface area contributed by atoms with Crippen molar-refractivity contribution < 1.29 is 19.4 Å². The minimum Gasteiger partial charge on any atom is -0.389 e. The van der Waals surface area contributed by atoms with Gasteiger partial charge in [-0.05, 0) is 50.3 Å². The van der Waals surface area contributed by atoms with E-state index in [4.69, 9.17) is 9.47 Å². The highest BCUT2D eigenvalue weighted by Crippen LogP contribution is 2.22. The summed E-state index contributed by atoms with van der Waals surface area (Å²) in [5.74, 6) is 0.323. The van der Waals surface area contributed by atoms with Crippen molar-refractivity contribution in [2.24, 2.45) is 0 Å². The molecule has 1 fully saturated rings. The number of hydrogen-bond donors (Lipinski definition) is 2. The van der Waals surface area contributed by atoms with E-state index in [0.717, 1.165) is 25.7 Å². The molecule has 1 aliphatic rings. The molecule has 0 saturated heterocycles. The molecule has 1 aliphatic carbocycles. The lowest BCUT2D eigenvalue weighted by molar-refractivity contribution is -0.00409. The fourth-order valence-electron chi connectivity index (χ4n) is 3.35. The van der Waals surface area contributed by atoms with E-state index < -0.39 is 6.10 Å². The summed E-state index contributed by atoms with van der Waals surface area (Å²) in [6, 6.07) is 3.49. The molecule has 0 bridgehead atoms. The summed E-state index contributed by atoms with van der Waals surface area (Å²) in [4.78, 5) is 21.2. The highest BCUT2D eigenvalue weighted by Gasteiger charge is 2.24. The van der Waals surface area contributed by atoms with Crippen LogP contribution in [0.1, 0.15) is 54.8 Å². The predicted octanol–water partition coefficient (Wildman–Crippen LogP) is 2.02. The van der Waals surface area contributed by atoms with Crippen LogP contribution in [0.15, 0.2) is 30.9 Å². The number of carbonyl (C=O) groups excluding carboxylic acids is 1. The van der Waals surface area contributed by atoms with E-state index in [2.05, 4.69) is 15.3 Å². The number of nitrogens with one attached hydrogen (secondary N) is 1. The molecule has 8 heteroatoms. The van der Waals surface area contributed by atoms with Crippen LogP contribution in [0.25, 0.3) is 5.82 Å². The molecule has 152 valence electrons. The Morgan fingerprint density at radius 3 is 2.75 bits per heavy atom. The van der Waals surface area contributed by atoms with E-state index in [1.54, 1.807) is 49.5 Å². The Labute approximate surface area is 164 Å². The Hall–Kier alpha value is -2.29. The number of amides is 1. The van der Waals surface area contributed by atoms with E-state index in [0.29, 0.717) is 30.3 Å². The van der Waals surface area contributed by atoms with Crippen LogP contribution in [-0.4, -0.2) is 58.0 Å². The van der Waals surface area contributed by atoms with Crippen molar-refractivity contribution in [3.05, 3.63) is 42.1 Å². The van der Waals surface area contributed by atoms with Crippen LogP contribution in [0.5, 0.6) is 0 Å². The third-order valence-corrected chi connectivity index (χ3v) is 4.97. The van der Waals surface area contributed by atoms with Gasteiger partial charge >= 0.3 is 0 Å². The van der Waals surface area contributed by atoms with E-state index >= 15 is 0 Å². The number of nitrogens with zero attached hydrogens (tertiary/aromatic N) is 3. The molecule has 1 saturated carbocycles. The smallest absolute Gasteiger partial charge is 0.270 e. The predicted molar refractivity (Wildman–Crippen MR) is 103 cm³/mol. The summed E-state index contributed by atoms with van der Waals surface area (Å²) in [6.45, 7) is 2.87. The number of methoxy groups -OCH3 is 1. The topological polar surface area (TPSA) is 98.5 Å². The molecule has 2 heterocycles. The number of pyridine rings is 1. The first kappa shape index (κ1) is 20.4. The summed E-state index contributed by atoms with van der Waals surface area (Å²) < 4.78 is 12.5. The summed E-state index contributed by atoms with van der Waals surface area (Å²) in [6.07, 6.45) is 8.10. The minimum absolute atomic E-state index is 0.100. The maximum Gasteiger partial charge on any atom is 0.270 e. The van der Waals surface area contributed by atoms with Crippen LogP contribution in [0.2, 0.25) is 0 Å². The highest BCUT2D eigenvalue weighted by atomic mass is 16.5. The quantitative estimate of drug-likeness (QED) is 0.672. The molecule has 3 rings (SSSR count). The van der Waals surface area contributed by atoms with Crippen LogP contribution >= 0.6 is 0 Å². The second kappa shape index (κ2) is 9.77. The number of rotatable bonds is 8. The van der Waals surface area contributed by atoms with Gasteiger partial charge in [0.25, 0.3) is 5.91 Å². The van der Waals surface area contributed by atoms with Crippen molar-refractivity contribution >= 4 is 5.91 Å². The van der Waals surface area contributed by atoms with Crippen LogP contribution in [0.4, 0.5) is 0 Å². The lowest BCUT2D eigenvalue weighted by atomic mass is 9.93. The van der Waals surface area contributed by atoms with Crippen molar-refractivity contribution in [1.29, 1.82) is 0 Å². The Kier molecular flexibility index (Phi) is 7.13. The van der Waals surface area contributed by atoms with Crippen molar-refractivity contribution in [3.63, 3.8) is 0 Å². The standard InChI is InChI=1S/C20H28N4O4/c1-14(25)15-11-18(23-19(12-15)24-8-7-21-13-24)20(26)22-16-3-5-17(6-4-16)28-10-9-27-2/h7-8,11-14,16-17,25H,3-6,9-10H2,1-2H3,(H,22,26)/t14?,16-,17-. The van der Waals surface area contributed by atoms with E-state index in [9.17, 15) is 9.90 Å². The maximum atomic E-state index is 12.8. The summed E-state index contributed by atoms with van der Waals surface area (Å²) >= 11 is 0. The average molecular weight is 388 g/mol. The van der Waals surface area contributed by atoms with Gasteiger partial charge < -0.3 is 19.9 Å². The fraction of sp³-hybridized carbons (Fsp3) is 0.550. The molecule has 1 unspecified atom stereocenters. The summed E-state index contributed by atoms with van der Waals surface area (Å²) in [7, 11) is 1.66. The number of hydrogen-bond acceptors (Lipinski definition) is 6. The molecular weight excluding hydrogens is 360 g/mol. The lowest BCUT2D eigenvalue weighted by Gasteiger charge is -2.29. The van der Waals surface area contributed by atoms with E-state index in [1.165, 1.54) is 0 Å². The molecule has 0 aliphatic heterocycles. The highest BCUT2D eigenvalue weighted by molar-refractivity contribution is 5.93. The largest absolute Gasteiger partial charge is 0.389 e. The molecule has 8 nitrogen and oxygen atoms in total. The minimum atomic E-state index is -0.698. The lowest BCUT2D eigenvalue weighted by Crippen LogP contribution is -2.39. The Balaban J connectivity index is 1.63. The zero-order chi connectivity index (χ0) is 19.9. The number of aliphatic hydroxyl groups is 1. The van der Waals surface area contributed by atoms with Crippen molar-refractivity contribution in [2.45, 2.75) is 50.9 Å². The molecule has 2 N–H and O–H groups in total. The number of aromatic nitrogens is 3. The molecule has 1 atom stereocenters. The Morgan fingerprint density at radius 1 is 1.32 bits per heavy atom. The van der Waals surface area contributed by atoms with Gasteiger partial charge in [-0.2, -0.15) is 0 Å². The number of imidazole rings is 1. The van der Waals surface area contributed by atoms with Crippen LogP contribution < -0.4 is 5.32 Å². The first-order valence-electron chi connectivity index (χ1n) is 9.66. The van der Waals surface area contributed by atoms with Gasteiger partial charge in [0.05, 0.1) is 25.4 Å². The van der Waals surface area contributed by atoms with Gasteiger partial charge in [-0.3, -0.25) is 9.36 Å². The molecule has 0 spiro atoms. The fourth-order valence-corrected chi connectivity index (χ4v) is 3.35. The van der Waals surface area contributed by atoms with Gasteiger partial charge in [-0.25, -0.2) is 9.97 Å². The van der Waals surface area contributed by atoms with Gasteiger partial charge in [-0.1, -0.05) is 0 Å². The second-order valence-electron chi connectivity index (χ2n) is 7.10. The van der Waals surface area contributed by atoms with Crippen molar-refractivity contribution in [3.8, 4) is 5.82 Å². The summed E-state index contributed by atoms with van der Waals surface area (Å²) in [5.41, 5.74) is 0.930. The normalized spacial score (nSPS) is 20.7. The zero-order valence-electron chi connectivity index (χ0n) is 16.4. The first-order valence-corrected chi connectivity index (χ1v) is 9.66. The third kappa shape index (κ3) is 5.37. The SMILES string of the molecule is COCCO[C@H]1CC[C@H](NC(=O)c2cc(C(C)O)cc(-n3ccnc3)n2)CC1. The average Bonchev–Trinajstić information content (AvgIpc) is 3.24. The molecular formula is C20H28N4O4. The molecule has 2 aromatic heterocycles. The van der Waals surface area contributed by atoms with Crippen LogP contribution in [0.3, 0.4) is 0 Å². The molecule has 0 radical (unpaired) electrons. The van der Waals surface area contributed by atoms with Crippen molar-refractivity contribution in [2.75, 3.05) is 20.3 Å². The monoisotopic (exact) mass is 388 g/mol. The van der Waals surface area contributed by atoms with Gasteiger partial charge in [0.1, 0.15) is 17.8 Å². The van der Waals surface area contributed by atoms with Crippen LogP contribution in [0, 0.1) is 0 Å². The summed E-state index contributed by atoms with van der Waals surface area (Å²) in [5, 5.41) is 13.1. The van der Waals surface area contributed by atoms with E-state index in [-0.39, 0.29) is 18.1 Å². The van der Waals surface area contributed by atoms with Gasteiger partial charge in [0.15, 0.2) is 0 Å². The number of carbonyl (C=O) groups is 1. The Morgan fingerprint density at radius 2 is 2.11 bits per heavy atom. The molecule has 1 amide bonds. The number of aliphatic hydroxyl groups excluding tert-OH is 1. The maximum absolute atomic E-state index is 12.8. The van der Waals surface area contributed by atoms with Crippen molar-refractivity contribution in [1.82, 2.24) is 19.9 Å². The second-order valence-corrected chi connectivity index (χ2v) is 7.10. The Bertz CT molecular complexity index is 756.